The van der Waals surface area contributed by atoms with E-state index in [1.165, 1.54) is 7.11 Å². The number of hydrazine groups is 1. The fourth-order valence-corrected chi connectivity index (χ4v) is 5.09. The maximum atomic E-state index is 13.0. The molecule has 2 aromatic rings. The number of hydrogen-bond acceptors (Lipinski definition) is 7. The summed E-state index contributed by atoms with van der Waals surface area (Å²) < 4.78 is 39.0. The third kappa shape index (κ3) is 5.40. The van der Waals surface area contributed by atoms with Crippen LogP contribution in [-0.4, -0.2) is 39.5 Å². The minimum Gasteiger partial charge on any atom is -0.495 e. The molecule has 1 aliphatic rings. The Morgan fingerprint density at radius 3 is 2.42 bits per heavy atom. The van der Waals surface area contributed by atoms with Crippen molar-refractivity contribution in [2.24, 2.45) is 5.92 Å². The molecule has 31 heavy (non-hydrogen) atoms. The molecule has 1 fully saturated rings. The Bertz CT molecular complexity index is 1030. The molecule has 0 bridgehead atoms. The van der Waals surface area contributed by atoms with Crippen molar-refractivity contribution in [3.63, 3.8) is 0 Å². The Labute approximate surface area is 186 Å². The number of ether oxygens (including phenoxy) is 2. The zero-order valence-electron chi connectivity index (χ0n) is 17.3. The van der Waals surface area contributed by atoms with Crippen LogP contribution in [0.4, 0.5) is 11.4 Å². The maximum Gasteiger partial charge on any atom is 0.250 e. The van der Waals surface area contributed by atoms with Gasteiger partial charge in [0.15, 0.2) is 5.37 Å². The Hall–Kier alpha value is -2.53. The molecule has 1 aliphatic heterocycles. The van der Waals surface area contributed by atoms with Crippen LogP contribution in [0.5, 0.6) is 11.5 Å². The van der Waals surface area contributed by atoms with Gasteiger partial charge in [0.2, 0.25) is 5.91 Å². The zero-order valence-corrected chi connectivity index (χ0v) is 18.9. The van der Waals surface area contributed by atoms with Gasteiger partial charge in [0.05, 0.1) is 24.7 Å². The van der Waals surface area contributed by atoms with E-state index in [1.54, 1.807) is 49.4 Å². The van der Waals surface area contributed by atoms with E-state index in [0.717, 1.165) is 0 Å². The highest BCUT2D eigenvalue weighted by molar-refractivity contribution is 7.93. The fourth-order valence-electron chi connectivity index (χ4n) is 3.27. The first-order chi connectivity index (χ1) is 14.7. The molecule has 0 aromatic heterocycles. The molecular weight excluding hydrogens is 444 g/mol. The van der Waals surface area contributed by atoms with Gasteiger partial charge in [-0.2, -0.15) is 0 Å². The number of anilines is 2. The van der Waals surface area contributed by atoms with E-state index >= 15 is 0 Å². The molecule has 1 saturated heterocycles. The minimum absolute atomic E-state index is 0.331. The summed E-state index contributed by atoms with van der Waals surface area (Å²) in [6.07, 6.45) is 0. The number of carbonyl (C=O) groups is 1. The summed E-state index contributed by atoms with van der Waals surface area (Å²) in [4.78, 5) is 12.9. The summed E-state index contributed by atoms with van der Waals surface area (Å²) >= 11 is 6.11. The summed E-state index contributed by atoms with van der Waals surface area (Å²) in [6.45, 7) is 4.10. The highest BCUT2D eigenvalue weighted by atomic mass is 35.5. The lowest BCUT2D eigenvalue weighted by molar-refractivity contribution is -0.119. The predicted octanol–water partition coefficient (Wildman–Crippen LogP) is 2.57. The second kappa shape index (κ2) is 9.73. The fraction of sp³-hybridized carbons (Fsp3) is 0.350. The molecule has 9 nitrogen and oxygen atoms in total. The summed E-state index contributed by atoms with van der Waals surface area (Å²) in [5, 5.41) is 1.87. The van der Waals surface area contributed by atoms with E-state index < -0.39 is 33.3 Å². The molecule has 0 spiro atoms. The van der Waals surface area contributed by atoms with Gasteiger partial charge >= 0.3 is 0 Å². The second-order valence-electron chi connectivity index (χ2n) is 6.97. The number of sulfonamides is 1. The topological polar surface area (TPSA) is 118 Å². The predicted molar refractivity (Wildman–Crippen MR) is 120 cm³/mol. The van der Waals surface area contributed by atoms with Crippen LogP contribution in [-0.2, 0) is 14.8 Å². The van der Waals surface area contributed by atoms with Gasteiger partial charge in [0.1, 0.15) is 11.5 Å². The van der Waals surface area contributed by atoms with Crippen LogP contribution in [0, 0.1) is 5.92 Å². The lowest BCUT2D eigenvalue weighted by Gasteiger charge is -2.21. The molecule has 1 heterocycles. The van der Waals surface area contributed by atoms with Crippen molar-refractivity contribution in [3.8, 4) is 11.5 Å². The van der Waals surface area contributed by atoms with E-state index in [4.69, 9.17) is 21.1 Å². The SMILES string of the molecule is CCOc1ccc(NS(=O)(=O)C2NNC(C)C2C(=O)Nc2ccc(OC)c(Cl)c2)cc1. The van der Waals surface area contributed by atoms with Gasteiger partial charge in [-0.15, -0.1) is 0 Å². The van der Waals surface area contributed by atoms with E-state index in [-0.39, 0.29) is 0 Å². The molecule has 2 aromatic carbocycles. The van der Waals surface area contributed by atoms with Crippen LogP contribution in [0.1, 0.15) is 13.8 Å². The van der Waals surface area contributed by atoms with Crippen molar-refractivity contribution in [1.29, 1.82) is 0 Å². The first-order valence-corrected chi connectivity index (χ1v) is 11.6. The molecule has 168 valence electrons. The van der Waals surface area contributed by atoms with Gasteiger partial charge in [-0.25, -0.2) is 13.8 Å². The molecule has 0 aliphatic carbocycles. The smallest absolute Gasteiger partial charge is 0.250 e. The summed E-state index contributed by atoms with van der Waals surface area (Å²) in [7, 11) is -2.46. The van der Waals surface area contributed by atoms with Crippen molar-refractivity contribution < 1.29 is 22.7 Å². The number of halogens is 1. The Kier molecular flexibility index (Phi) is 7.26. The van der Waals surface area contributed by atoms with Crippen LogP contribution >= 0.6 is 11.6 Å². The highest BCUT2D eigenvalue weighted by Crippen LogP contribution is 2.29. The number of amides is 1. The van der Waals surface area contributed by atoms with Gasteiger partial charge in [0, 0.05) is 17.4 Å². The number of methoxy groups -OCH3 is 1. The first kappa shape index (κ1) is 23.1. The van der Waals surface area contributed by atoms with Crippen molar-refractivity contribution in [1.82, 2.24) is 10.9 Å². The summed E-state index contributed by atoms with van der Waals surface area (Å²) in [6, 6.07) is 10.9. The van der Waals surface area contributed by atoms with Gasteiger partial charge in [-0.3, -0.25) is 14.9 Å². The Balaban J connectivity index is 1.75. The molecule has 0 radical (unpaired) electrons. The molecule has 1 amide bonds. The third-order valence-corrected chi connectivity index (χ3v) is 6.70. The van der Waals surface area contributed by atoms with Gasteiger partial charge in [0.25, 0.3) is 10.0 Å². The van der Waals surface area contributed by atoms with Gasteiger partial charge < -0.3 is 14.8 Å². The van der Waals surface area contributed by atoms with Crippen molar-refractivity contribution in [2.75, 3.05) is 23.8 Å². The maximum absolute atomic E-state index is 13.0. The van der Waals surface area contributed by atoms with Crippen LogP contribution in [0.25, 0.3) is 0 Å². The standard InChI is InChI=1S/C20H25ClN4O5S/c1-4-30-15-8-5-13(6-9-15)25-31(27,28)20-18(12(2)23-24-20)19(26)22-14-7-10-17(29-3)16(21)11-14/h5-12,18,20,23-25H,4H2,1-3H3,(H,22,26). The lowest BCUT2D eigenvalue weighted by Crippen LogP contribution is -2.45. The average molecular weight is 469 g/mol. The number of nitrogens with one attached hydrogen (secondary N) is 4. The largest absolute Gasteiger partial charge is 0.495 e. The quantitative estimate of drug-likeness (QED) is 0.470. The highest BCUT2D eigenvalue weighted by Gasteiger charge is 2.46. The van der Waals surface area contributed by atoms with E-state index in [1.807, 2.05) is 6.92 Å². The van der Waals surface area contributed by atoms with E-state index in [2.05, 4.69) is 20.9 Å². The monoisotopic (exact) mass is 468 g/mol. The van der Waals surface area contributed by atoms with Crippen LogP contribution < -0.4 is 30.4 Å². The number of carbonyl (C=O) groups excluding carboxylic acids is 1. The van der Waals surface area contributed by atoms with Crippen molar-refractivity contribution in [3.05, 3.63) is 47.5 Å². The molecule has 3 unspecified atom stereocenters. The van der Waals surface area contributed by atoms with Crippen LogP contribution in [0.3, 0.4) is 0 Å². The zero-order chi connectivity index (χ0) is 22.6. The number of hydrogen-bond donors (Lipinski definition) is 4. The second-order valence-corrected chi connectivity index (χ2v) is 9.18. The average Bonchev–Trinajstić information content (AvgIpc) is 3.12. The van der Waals surface area contributed by atoms with Crippen LogP contribution in [0.2, 0.25) is 5.02 Å². The summed E-state index contributed by atoms with van der Waals surface area (Å²) in [5.74, 6) is -0.262. The molecular formula is C20H25ClN4O5S. The van der Waals surface area contributed by atoms with Gasteiger partial charge in [-0.05, 0) is 56.3 Å². The van der Waals surface area contributed by atoms with Crippen molar-refractivity contribution >= 4 is 38.9 Å². The number of benzene rings is 2. The van der Waals surface area contributed by atoms with Crippen molar-refractivity contribution in [2.45, 2.75) is 25.3 Å². The Morgan fingerprint density at radius 1 is 1.13 bits per heavy atom. The van der Waals surface area contributed by atoms with E-state index in [0.29, 0.717) is 34.5 Å². The lowest BCUT2D eigenvalue weighted by atomic mass is 10.0. The molecule has 3 atom stereocenters. The first-order valence-electron chi connectivity index (χ1n) is 9.65. The van der Waals surface area contributed by atoms with E-state index in [9.17, 15) is 13.2 Å². The molecule has 0 saturated carbocycles. The van der Waals surface area contributed by atoms with Gasteiger partial charge in [-0.1, -0.05) is 11.6 Å². The molecule has 3 rings (SSSR count). The van der Waals surface area contributed by atoms with Crippen LogP contribution in [0.15, 0.2) is 42.5 Å². The normalized spacial score (nSPS) is 20.8. The Morgan fingerprint density at radius 2 is 1.81 bits per heavy atom. The minimum atomic E-state index is -3.95. The summed E-state index contributed by atoms with van der Waals surface area (Å²) in [5.41, 5.74) is 6.35. The third-order valence-electron chi connectivity index (χ3n) is 4.80. The molecule has 4 N–H and O–H groups in total. The molecule has 11 heteroatoms. The number of rotatable bonds is 8.